The number of sulfonamides is 2. The number of anilines is 3. The lowest BCUT2D eigenvalue weighted by molar-refractivity contribution is 0.102. The van der Waals surface area contributed by atoms with Gasteiger partial charge in [0.05, 0.1) is 36.7 Å². The molecule has 3 aromatic carbocycles. The van der Waals surface area contributed by atoms with Gasteiger partial charge >= 0.3 is 0 Å². The molecule has 3 rings (SSSR count). The summed E-state index contributed by atoms with van der Waals surface area (Å²) in [5.41, 5.74) is 1.89. The van der Waals surface area contributed by atoms with Crippen molar-refractivity contribution in [2.45, 2.75) is 11.8 Å². The van der Waals surface area contributed by atoms with Gasteiger partial charge < -0.3 is 14.8 Å². The molecule has 0 saturated carbocycles. The van der Waals surface area contributed by atoms with Gasteiger partial charge in [-0.05, 0) is 67.1 Å². The molecule has 0 aliphatic carbocycles. The van der Waals surface area contributed by atoms with Crippen molar-refractivity contribution in [1.29, 1.82) is 0 Å². The van der Waals surface area contributed by atoms with Crippen molar-refractivity contribution < 1.29 is 31.1 Å². The van der Waals surface area contributed by atoms with E-state index in [0.717, 1.165) is 6.26 Å². The molecule has 0 atom stereocenters. The first-order valence-electron chi connectivity index (χ1n) is 10.2. The van der Waals surface area contributed by atoms with Crippen LogP contribution in [-0.4, -0.2) is 43.2 Å². The van der Waals surface area contributed by atoms with Crippen LogP contribution in [0.5, 0.6) is 11.5 Å². The van der Waals surface area contributed by atoms with E-state index in [0.29, 0.717) is 34.0 Å². The van der Waals surface area contributed by atoms with Crippen molar-refractivity contribution in [3.63, 3.8) is 0 Å². The number of ether oxygens (including phenoxy) is 2. The van der Waals surface area contributed by atoms with Crippen molar-refractivity contribution in [1.82, 2.24) is 0 Å². The summed E-state index contributed by atoms with van der Waals surface area (Å²) in [7, 11) is -4.46. The minimum atomic E-state index is -3.93. The monoisotopic (exact) mass is 519 g/mol. The summed E-state index contributed by atoms with van der Waals surface area (Å²) in [4.78, 5) is 12.6. The maximum absolute atomic E-state index is 12.8. The summed E-state index contributed by atoms with van der Waals surface area (Å²) in [5.74, 6) is 0.377. The van der Waals surface area contributed by atoms with Crippen LogP contribution in [0.2, 0.25) is 0 Å². The maximum atomic E-state index is 12.8. The zero-order valence-corrected chi connectivity index (χ0v) is 21.1. The Labute approximate surface area is 204 Å². The Morgan fingerprint density at radius 3 is 2.03 bits per heavy atom. The molecule has 0 unspecified atom stereocenters. The van der Waals surface area contributed by atoms with Crippen molar-refractivity contribution >= 4 is 43.0 Å². The molecule has 0 heterocycles. The highest BCUT2D eigenvalue weighted by atomic mass is 32.2. The van der Waals surface area contributed by atoms with E-state index in [1.807, 2.05) is 0 Å². The Morgan fingerprint density at radius 1 is 0.800 bits per heavy atom. The first kappa shape index (κ1) is 25.8. The summed E-state index contributed by atoms with van der Waals surface area (Å²) in [6.07, 6.45) is 1.04. The Balaban J connectivity index is 1.73. The molecule has 12 heteroatoms. The second kappa shape index (κ2) is 10.2. The van der Waals surface area contributed by atoms with E-state index in [1.54, 1.807) is 25.1 Å². The van der Waals surface area contributed by atoms with Crippen LogP contribution in [0.15, 0.2) is 65.6 Å². The number of carbonyl (C=O) groups excluding carboxylic acids is 1. The molecular weight excluding hydrogens is 494 g/mol. The summed E-state index contributed by atoms with van der Waals surface area (Å²) < 4.78 is 63.7. The van der Waals surface area contributed by atoms with Crippen molar-refractivity contribution in [2.24, 2.45) is 0 Å². The minimum absolute atomic E-state index is 0.0135. The number of hydrogen-bond acceptors (Lipinski definition) is 7. The third-order valence-corrected chi connectivity index (χ3v) is 6.83. The number of nitrogens with one attached hydrogen (secondary N) is 3. The number of benzene rings is 3. The third-order valence-electron chi connectivity index (χ3n) is 4.86. The van der Waals surface area contributed by atoms with Crippen LogP contribution < -0.4 is 24.2 Å². The highest BCUT2D eigenvalue weighted by Crippen LogP contribution is 2.31. The van der Waals surface area contributed by atoms with Crippen LogP contribution in [-0.2, 0) is 20.0 Å². The van der Waals surface area contributed by atoms with Crippen molar-refractivity contribution in [3.8, 4) is 11.5 Å². The van der Waals surface area contributed by atoms with E-state index >= 15 is 0 Å². The van der Waals surface area contributed by atoms with Crippen LogP contribution in [0, 0.1) is 6.92 Å². The molecular formula is C23H25N3O7S2. The molecule has 0 fully saturated rings. The van der Waals surface area contributed by atoms with Gasteiger partial charge in [-0.25, -0.2) is 16.8 Å². The number of aryl methyl sites for hydroxylation is 1. The Kier molecular flexibility index (Phi) is 7.56. The quantitative estimate of drug-likeness (QED) is 0.393. The molecule has 3 N–H and O–H groups in total. The van der Waals surface area contributed by atoms with E-state index in [9.17, 15) is 21.6 Å². The molecule has 0 aromatic heterocycles. The summed E-state index contributed by atoms with van der Waals surface area (Å²) in [6.45, 7) is 1.68. The largest absolute Gasteiger partial charge is 0.497 e. The van der Waals surface area contributed by atoms with Gasteiger partial charge in [-0.2, -0.15) is 0 Å². The van der Waals surface area contributed by atoms with E-state index in [2.05, 4.69) is 14.8 Å². The smallest absolute Gasteiger partial charge is 0.262 e. The van der Waals surface area contributed by atoms with Crippen LogP contribution in [0.1, 0.15) is 15.9 Å². The Morgan fingerprint density at radius 2 is 1.46 bits per heavy atom. The Hall–Kier alpha value is -3.77. The van der Waals surface area contributed by atoms with Crippen molar-refractivity contribution in [2.75, 3.05) is 35.2 Å². The second-order valence-electron chi connectivity index (χ2n) is 7.55. The number of rotatable bonds is 9. The van der Waals surface area contributed by atoms with Gasteiger partial charge in [0.15, 0.2) is 0 Å². The van der Waals surface area contributed by atoms with Gasteiger partial charge in [-0.1, -0.05) is 0 Å². The zero-order chi connectivity index (χ0) is 25.8. The lowest BCUT2D eigenvalue weighted by Crippen LogP contribution is -2.15. The second-order valence-corrected chi connectivity index (χ2v) is 11.0. The minimum Gasteiger partial charge on any atom is -0.497 e. The van der Waals surface area contributed by atoms with Gasteiger partial charge in [0, 0.05) is 17.3 Å². The number of amides is 1. The molecule has 3 aromatic rings. The zero-order valence-electron chi connectivity index (χ0n) is 19.4. The molecule has 0 aliphatic rings. The first-order chi connectivity index (χ1) is 16.4. The number of hydrogen-bond donors (Lipinski definition) is 3. The average molecular weight is 520 g/mol. The molecule has 0 aliphatic heterocycles. The summed E-state index contributed by atoms with van der Waals surface area (Å²) in [6, 6.07) is 14.9. The van der Waals surface area contributed by atoms with Crippen LogP contribution in [0.25, 0.3) is 0 Å². The lowest BCUT2D eigenvalue weighted by Gasteiger charge is -2.13. The van der Waals surface area contributed by atoms with E-state index in [1.165, 1.54) is 56.7 Å². The van der Waals surface area contributed by atoms with Gasteiger partial charge in [0.2, 0.25) is 10.0 Å². The van der Waals surface area contributed by atoms with Gasteiger partial charge in [0.25, 0.3) is 15.9 Å². The molecule has 0 saturated heterocycles. The fourth-order valence-corrected chi connectivity index (χ4v) is 4.83. The highest BCUT2D eigenvalue weighted by Gasteiger charge is 2.18. The number of carbonyl (C=O) groups is 1. The van der Waals surface area contributed by atoms with Crippen LogP contribution in [0.4, 0.5) is 17.1 Å². The maximum Gasteiger partial charge on any atom is 0.262 e. The standard InChI is InChI=1S/C23H25N3O7S2/c1-15-13-16(5-11-20(15)25-34(4,28)29)23(27)24-17-6-9-19(10-7-17)35(30,31)26-21-12-8-18(32-2)14-22(21)33-3/h5-14,25-26H,1-4H3,(H,24,27). The summed E-state index contributed by atoms with van der Waals surface area (Å²) >= 11 is 0. The molecule has 0 radical (unpaired) electrons. The van der Waals surface area contributed by atoms with Crippen LogP contribution >= 0.6 is 0 Å². The van der Waals surface area contributed by atoms with E-state index in [-0.39, 0.29) is 10.6 Å². The molecule has 0 bridgehead atoms. The molecule has 186 valence electrons. The van der Waals surface area contributed by atoms with Gasteiger partial charge in [0.1, 0.15) is 11.5 Å². The molecule has 10 nitrogen and oxygen atoms in total. The Bertz CT molecular complexity index is 1450. The normalized spacial score (nSPS) is 11.4. The highest BCUT2D eigenvalue weighted by molar-refractivity contribution is 7.92. The van der Waals surface area contributed by atoms with Gasteiger partial charge in [-0.3, -0.25) is 14.2 Å². The predicted octanol–water partition coefficient (Wildman–Crippen LogP) is 3.44. The topological polar surface area (TPSA) is 140 Å². The summed E-state index contributed by atoms with van der Waals surface area (Å²) in [5, 5.41) is 2.69. The predicted molar refractivity (Wildman–Crippen MR) is 134 cm³/mol. The van der Waals surface area contributed by atoms with Gasteiger partial charge in [-0.15, -0.1) is 0 Å². The first-order valence-corrected chi connectivity index (χ1v) is 13.5. The fourth-order valence-electron chi connectivity index (χ4n) is 3.13. The van der Waals surface area contributed by atoms with E-state index in [4.69, 9.17) is 9.47 Å². The molecule has 0 spiro atoms. The molecule has 1 amide bonds. The number of methoxy groups -OCH3 is 2. The molecule has 35 heavy (non-hydrogen) atoms. The lowest BCUT2D eigenvalue weighted by atomic mass is 10.1. The third kappa shape index (κ3) is 6.64. The van der Waals surface area contributed by atoms with E-state index < -0.39 is 26.0 Å². The van der Waals surface area contributed by atoms with Crippen molar-refractivity contribution in [3.05, 3.63) is 71.8 Å². The average Bonchev–Trinajstić information content (AvgIpc) is 2.80. The van der Waals surface area contributed by atoms with Crippen LogP contribution in [0.3, 0.4) is 0 Å². The SMILES string of the molecule is COc1ccc(NS(=O)(=O)c2ccc(NC(=O)c3ccc(NS(C)(=O)=O)c(C)c3)cc2)c(OC)c1. The fraction of sp³-hybridized carbons (Fsp3) is 0.174.